The van der Waals surface area contributed by atoms with Gasteiger partial charge < -0.3 is 25.1 Å². The van der Waals surface area contributed by atoms with Gasteiger partial charge in [-0.1, -0.05) is 75.5 Å². The van der Waals surface area contributed by atoms with Gasteiger partial charge >= 0.3 is 5.97 Å². The lowest BCUT2D eigenvalue weighted by atomic mass is 10.0. The molecule has 0 amide bonds. The van der Waals surface area contributed by atoms with Gasteiger partial charge in [-0.3, -0.25) is 0 Å². The van der Waals surface area contributed by atoms with Crippen molar-refractivity contribution in [1.82, 2.24) is 9.97 Å². The maximum Gasteiger partial charge on any atom is 0.337 e. The first-order chi connectivity index (χ1) is 24.8. The highest BCUT2D eigenvalue weighted by Crippen LogP contribution is 2.28. The van der Waals surface area contributed by atoms with Crippen molar-refractivity contribution in [3.05, 3.63) is 116 Å². The molecule has 5 aromatic rings. The van der Waals surface area contributed by atoms with Crippen molar-refractivity contribution >= 4 is 48.9 Å². The number of unbranched alkanes of at least 4 members (excludes halogenated alkanes) is 2. The maximum absolute atomic E-state index is 12.0. The van der Waals surface area contributed by atoms with E-state index in [1.54, 1.807) is 26.4 Å². The van der Waals surface area contributed by atoms with Crippen LogP contribution in [0.15, 0.2) is 93.9 Å². The number of rotatable bonds is 14. The van der Waals surface area contributed by atoms with Crippen LogP contribution in [0.4, 0.5) is 0 Å². The fourth-order valence-corrected chi connectivity index (χ4v) is 6.02. The van der Waals surface area contributed by atoms with E-state index in [1.807, 2.05) is 54.6 Å². The summed E-state index contributed by atoms with van der Waals surface area (Å²) in [6.45, 7) is 3.12. The number of aliphatic hydroxyl groups is 1. The van der Waals surface area contributed by atoms with Gasteiger partial charge in [0.2, 0.25) is 0 Å². The quantitative estimate of drug-likeness (QED) is 0.0841. The molecular weight excluding hydrogens is 774 g/mol. The molecule has 0 fully saturated rings. The summed E-state index contributed by atoms with van der Waals surface area (Å²) in [6, 6.07) is 27.4. The summed E-state index contributed by atoms with van der Waals surface area (Å²) >= 11 is 7.13. The SMILES string of the molecule is CCCCO.COC(=O)c1ccc2nc(-c3ccccc3)c(CCCCc3cc(OC)ccc3Br)nc2c1.COc1ccc(Br)c(CCCN)c1. The summed E-state index contributed by atoms with van der Waals surface area (Å²) in [4.78, 5) is 21.8. The number of benzene rings is 4. The molecule has 51 heavy (non-hydrogen) atoms. The third kappa shape index (κ3) is 13.3. The lowest BCUT2D eigenvalue weighted by Gasteiger charge is -2.11. The van der Waals surface area contributed by atoms with E-state index in [-0.39, 0.29) is 5.97 Å². The number of hydrogen-bond donors (Lipinski definition) is 2. The molecule has 10 heteroatoms. The Labute approximate surface area is 319 Å². The van der Waals surface area contributed by atoms with E-state index in [0.717, 1.165) is 101 Å². The molecule has 272 valence electrons. The number of nitrogens with two attached hydrogens (primary N) is 1. The summed E-state index contributed by atoms with van der Waals surface area (Å²) in [6.07, 6.45) is 7.72. The van der Waals surface area contributed by atoms with Crippen LogP contribution in [-0.2, 0) is 24.0 Å². The lowest BCUT2D eigenvalue weighted by molar-refractivity contribution is 0.0601. The minimum absolute atomic E-state index is 0.344. The standard InChI is InChI=1S/C27H25BrN2O3.C10H14BrNO.C4H10O/c1-32-21-13-14-22(28)19(16-21)10-6-7-11-24-26(18-8-4-3-5-9-18)30-23-15-12-20(27(31)33-2)17-25(23)29-24;1-13-9-4-5-10(11)8(7-9)3-2-6-12;1-2-3-4-5/h3-5,8-9,12-17H,6-7,10-11H2,1-2H3;4-5,7H,2-3,6,12H2,1H3;5H,2-4H2,1H3. The van der Waals surface area contributed by atoms with Crippen molar-refractivity contribution in [2.75, 3.05) is 34.5 Å². The highest BCUT2D eigenvalue weighted by Gasteiger charge is 2.14. The second kappa shape index (κ2) is 22.9. The van der Waals surface area contributed by atoms with Gasteiger partial charge in [0.25, 0.3) is 0 Å². The number of hydrogen-bond acceptors (Lipinski definition) is 8. The van der Waals surface area contributed by atoms with Crippen LogP contribution in [-0.4, -0.2) is 55.5 Å². The van der Waals surface area contributed by atoms with Crippen LogP contribution in [0, 0.1) is 0 Å². The molecule has 1 heterocycles. The zero-order valence-corrected chi connectivity index (χ0v) is 33.1. The van der Waals surface area contributed by atoms with E-state index in [1.165, 1.54) is 18.2 Å². The maximum atomic E-state index is 12.0. The van der Waals surface area contributed by atoms with Gasteiger partial charge in [0.1, 0.15) is 11.5 Å². The minimum atomic E-state index is -0.378. The number of aryl methyl sites for hydroxylation is 3. The van der Waals surface area contributed by atoms with Crippen molar-refractivity contribution < 1.29 is 24.1 Å². The van der Waals surface area contributed by atoms with E-state index in [0.29, 0.717) is 17.7 Å². The molecular formula is C41H49Br2N3O5. The highest BCUT2D eigenvalue weighted by atomic mass is 79.9. The Hall–Kier alpha value is -3.83. The van der Waals surface area contributed by atoms with Crippen LogP contribution in [0.5, 0.6) is 11.5 Å². The predicted octanol–water partition coefficient (Wildman–Crippen LogP) is 9.55. The number of fused-ring (bicyclic) bond motifs is 1. The van der Waals surface area contributed by atoms with Crippen molar-refractivity contribution in [3.63, 3.8) is 0 Å². The third-order valence-electron chi connectivity index (χ3n) is 7.98. The molecule has 3 N–H and O–H groups in total. The molecule has 0 atom stereocenters. The van der Waals surface area contributed by atoms with Gasteiger partial charge in [-0.2, -0.15) is 0 Å². The summed E-state index contributed by atoms with van der Waals surface area (Å²) < 4.78 is 17.6. The first kappa shape index (κ1) is 41.6. The van der Waals surface area contributed by atoms with Crippen LogP contribution >= 0.6 is 31.9 Å². The Bertz CT molecular complexity index is 1800. The van der Waals surface area contributed by atoms with Crippen LogP contribution in [0.2, 0.25) is 0 Å². The Morgan fingerprint density at radius 2 is 1.33 bits per heavy atom. The number of esters is 1. The summed E-state index contributed by atoms with van der Waals surface area (Å²) in [5.41, 5.74) is 12.7. The van der Waals surface area contributed by atoms with Gasteiger partial charge in [0, 0.05) is 21.1 Å². The van der Waals surface area contributed by atoms with Crippen LogP contribution in [0.25, 0.3) is 22.3 Å². The van der Waals surface area contributed by atoms with E-state index in [4.69, 9.17) is 35.0 Å². The molecule has 8 nitrogen and oxygen atoms in total. The summed E-state index contributed by atoms with van der Waals surface area (Å²) in [5.74, 6) is 1.38. The van der Waals surface area contributed by atoms with Crippen molar-refractivity contribution in [2.45, 2.75) is 58.3 Å². The number of nitrogens with zero attached hydrogens (tertiary/aromatic N) is 2. The normalized spacial score (nSPS) is 10.4. The Kier molecular flexibility index (Phi) is 18.7. The third-order valence-corrected chi connectivity index (χ3v) is 9.53. The van der Waals surface area contributed by atoms with Crippen LogP contribution < -0.4 is 15.2 Å². The van der Waals surface area contributed by atoms with E-state index in [9.17, 15) is 4.79 Å². The van der Waals surface area contributed by atoms with Crippen molar-refractivity contribution in [2.24, 2.45) is 5.73 Å². The number of aromatic nitrogens is 2. The zero-order chi connectivity index (χ0) is 37.0. The Morgan fingerprint density at radius 1 is 0.725 bits per heavy atom. The monoisotopic (exact) mass is 821 g/mol. The summed E-state index contributed by atoms with van der Waals surface area (Å²) in [5, 5.41) is 8.07. The largest absolute Gasteiger partial charge is 0.497 e. The van der Waals surface area contributed by atoms with E-state index in [2.05, 4.69) is 57.0 Å². The molecule has 5 rings (SSSR count). The molecule has 0 saturated heterocycles. The molecule has 0 spiro atoms. The van der Waals surface area contributed by atoms with Crippen molar-refractivity contribution in [1.29, 1.82) is 0 Å². The first-order valence-corrected chi connectivity index (χ1v) is 18.8. The zero-order valence-electron chi connectivity index (χ0n) is 30.0. The van der Waals surface area contributed by atoms with Crippen LogP contribution in [0.3, 0.4) is 0 Å². The highest BCUT2D eigenvalue weighted by molar-refractivity contribution is 9.10. The number of aliphatic hydroxyl groups excluding tert-OH is 1. The van der Waals surface area contributed by atoms with Gasteiger partial charge in [-0.05, 0) is 117 Å². The molecule has 1 aromatic heterocycles. The predicted molar refractivity (Wildman–Crippen MR) is 214 cm³/mol. The molecule has 0 aliphatic heterocycles. The van der Waals surface area contributed by atoms with Crippen LogP contribution in [0.1, 0.15) is 66.2 Å². The van der Waals surface area contributed by atoms with E-state index >= 15 is 0 Å². The summed E-state index contributed by atoms with van der Waals surface area (Å²) in [7, 11) is 4.74. The fourth-order valence-electron chi connectivity index (χ4n) is 5.14. The van der Waals surface area contributed by atoms with Gasteiger partial charge in [0.15, 0.2) is 0 Å². The molecule has 0 bridgehead atoms. The van der Waals surface area contributed by atoms with E-state index < -0.39 is 0 Å². The number of methoxy groups -OCH3 is 3. The van der Waals surface area contributed by atoms with Crippen molar-refractivity contribution in [3.8, 4) is 22.8 Å². The number of halogens is 2. The average molecular weight is 824 g/mol. The van der Waals surface area contributed by atoms with Gasteiger partial charge in [-0.15, -0.1) is 0 Å². The molecule has 0 aliphatic carbocycles. The lowest BCUT2D eigenvalue weighted by Crippen LogP contribution is -2.04. The first-order valence-electron chi connectivity index (χ1n) is 17.2. The Morgan fingerprint density at radius 3 is 1.86 bits per heavy atom. The second-order valence-electron chi connectivity index (χ2n) is 11.7. The Balaban J connectivity index is 0.000000322. The molecule has 0 aliphatic rings. The molecule has 0 unspecified atom stereocenters. The molecule has 4 aromatic carbocycles. The van der Waals surface area contributed by atoms with Gasteiger partial charge in [-0.25, -0.2) is 14.8 Å². The fraction of sp³-hybridized carbons (Fsp3) is 0.341. The molecule has 0 saturated carbocycles. The van der Waals surface area contributed by atoms with Gasteiger partial charge in [0.05, 0.1) is 49.3 Å². The topological polar surface area (TPSA) is 117 Å². The number of ether oxygens (including phenoxy) is 3. The second-order valence-corrected chi connectivity index (χ2v) is 13.4. The minimum Gasteiger partial charge on any atom is -0.497 e. The average Bonchev–Trinajstić information content (AvgIpc) is 3.17. The smallest absolute Gasteiger partial charge is 0.337 e. The number of carbonyl (C=O) groups excluding carboxylic acids is 1. The molecule has 0 radical (unpaired) electrons. The number of carbonyl (C=O) groups is 1.